The quantitative estimate of drug-likeness (QED) is 0.607. The Hall–Kier alpha value is -0.180. The first kappa shape index (κ1) is 8.91. The van der Waals surface area contributed by atoms with E-state index in [0.717, 1.165) is 0 Å². The molecule has 0 unspecified atom stereocenters. The number of halogens is 3. The third kappa shape index (κ3) is 2.12. The minimum atomic E-state index is -1.68. The fourth-order valence-corrected chi connectivity index (χ4v) is 1.02. The van der Waals surface area contributed by atoms with Crippen molar-refractivity contribution in [2.45, 2.75) is 3.79 Å². The average Bonchev–Trinajstić information content (AvgIpc) is 1.86. The maximum Gasteiger partial charge on any atom is 0.221 e. The number of nitrogens with zero attached hydrogens (tertiary/aromatic N) is 1. The molecule has 2 nitrogen and oxygen atoms in total. The standard InChI is InChI=1S/C6H3Cl3NO/c7-6(8,9)4-3-10-2-1-5(4)11/h1-3H. The molecule has 0 bridgehead atoms. The van der Waals surface area contributed by atoms with Crippen LogP contribution in [0.4, 0.5) is 0 Å². The number of pyridine rings is 1. The van der Waals surface area contributed by atoms with Gasteiger partial charge in [0, 0.05) is 18.5 Å². The van der Waals surface area contributed by atoms with Gasteiger partial charge in [-0.25, -0.2) is 0 Å². The van der Waals surface area contributed by atoms with Gasteiger partial charge in [-0.2, -0.15) is 0 Å². The van der Waals surface area contributed by atoms with E-state index in [-0.39, 0.29) is 11.3 Å². The second kappa shape index (κ2) is 3.05. The van der Waals surface area contributed by atoms with Gasteiger partial charge in [-0.15, -0.1) is 0 Å². The Morgan fingerprint density at radius 3 is 2.36 bits per heavy atom. The second-order valence-electron chi connectivity index (χ2n) is 1.87. The molecule has 1 aromatic heterocycles. The molecule has 0 saturated carbocycles. The van der Waals surface area contributed by atoms with Crippen LogP contribution in [0.2, 0.25) is 0 Å². The van der Waals surface area contributed by atoms with E-state index in [2.05, 4.69) is 4.98 Å². The highest BCUT2D eigenvalue weighted by Crippen LogP contribution is 2.41. The van der Waals surface area contributed by atoms with Gasteiger partial charge in [0.05, 0.1) is 5.56 Å². The van der Waals surface area contributed by atoms with Gasteiger partial charge in [-0.1, -0.05) is 34.8 Å². The van der Waals surface area contributed by atoms with Crippen molar-refractivity contribution in [3.8, 4) is 5.75 Å². The van der Waals surface area contributed by atoms with Gasteiger partial charge in [0.2, 0.25) is 3.79 Å². The zero-order valence-electron chi connectivity index (χ0n) is 5.22. The average molecular weight is 211 g/mol. The van der Waals surface area contributed by atoms with Crippen LogP contribution in [0, 0.1) is 0 Å². The summed E-state index contributed by atoms with van der Waals surface area (Å²) in [7, 11) is 0. The maximum atomic E-state index is 11.0. The fraction of sp³-hybridized carbons (Fsp3) is 0.167. The maximum absolute atomic E-state index is 11.0. The van der Waals surface area contributed by atoms with E-state index >= 15 is 0 Å². The molecule has 0 N–H and O–H groups in total. The lowest BCUT2D eigenvalue weighted by molar-refractivity contribution is 0.350. The molecule has 0 fully saturated rings. The Morgan fingerprint density at radius 1 is 1.36 bits per heavy atom. The van der Waals surface area contributed by atoms with Crippen LogP contribution in [-0.4, -0.2) is 4.98 Å². The van der Waals surface area contributed by atoms with Gasteiger partial charge in [0.1, 0.15) is 0 Å². The first-order valence-corrected chi connectivity index (χ1v) is 3.83. The highest BCUT2D eigenvalue weighted by Gasteiger charge is 2.27. The van der Waals surface area contributed by atoms with Crippen LogP contribution in [0.5, 0.6) is 5.75 Å². The van der Waals surface area contributed by atoms with Crippen molar-refractivity contribution in [2.24, 2.45) is 0 Å². The summed E-state index contributed by atoms with van der Waals surface area (Å²) in [5.74, 6) is -0.319. The largest absolute Gasteiger partial charge is 0.289 e. The van der Waals surface area contributed by atoms with Gasteiger partial charge in [-0.3, -0.25) is 10.1 Å². The van der Waals surface area contributed by atoms with Gasteiger partial charge in [-0.05, 0) is 0 Å². The summed E-state index contributed by atoms with van der Waals surface area (Å²) < 4.78 is -1.68. The van der Waals surface area contributed by atoms with Crippen LogP contribution in [0.15, 0.2) is 18.5 Å². The zero-order chi connectivity index (χ0) is 8.48. The van der Waals surface area contributed by atoms with Crippen LogP contribution in [0.1, 0.15) is 5.56 Å². The lowest BCUT2D eigenvalue weighted by Crippen LogP contribution is -2.00. The van der Waals surface area contributed by atoms with Crippen molar-refractivity contribution < 1.29 is 5.11 Å². The first-order valence-electron chi connectivity index (χ1n) is 2.70. The minimum Gasteiger partial charge on any atom is -0.289 e. The highest BCUT2D eigenvalue weighted by atomic mass is 35.6. The second-order valence-corrected chi connectivity index (χ2v) is 4.15. The molecule has 59 valence electrons. The van der Waals surface area contributed by atoms with Crippen molar-refractivity contribution >= 4 is 34.8 Å². The van der Waals surface area contributed by atoms with Gasteiger partial charge < -0.3 is 0 Å². The summed E-state index contributed by atoms with van der Waals surface area (Å²) in [6.07, 6.45) is 2.59. The van der Waals surface area contributed by atoms with Crippen molar-refractivity contribution in [2.75, 3.05) is 0 Å². The van der Waals surface area contributed by atoms with Crippen molar-refractivity contribution in [1.82, 2.24) is 4.98 Å². The Balaban J connectivity index is 3.14. The molecule has 0 aliphatic heterocycles. The SMILES string of the molecule is [O]c1ccncc1C(Cl)(Cl)Cl. The van der Waals surface area contributed by atoms with E-state index < -0.39 is 3.79 Å². The van der Waals surface area contributed by atoms with Gasteiger partial charge in [0.25, 0.3) is 0 Å². The molecule has 0 amide bonds. The van der Waals surface area contributed by atoms with E-state index in [1.54, 1.807) is 0 Å². The van der Waals surface area contributed by atoms with Crippen molar-refractivity contribution in [3.05, 3.63) is 24.0 Å². The predicted molar refractivity (Wildman–Crippen MR) is 43.6 cm³/mol. The van der Waals surface area contributed by atoms with E-state index in [1.165, 1.54) is 18.5 Å². The van der Waals surface area contributed by atoms with Crippen LogP contribution in [0.3, 0.4) is 0 Å². The van der Waals surface area contributed by atoms with E-state index in [4.69, 9.17) is 34.8 Å². The molecule has 0 aliphatic carbocycles. The number of hydrogen-bond donors (Lipinski definition) is 0. The highest BCUT2D eigenvalue weighted by molar-refractivity contribution is 6.66. The molecule has 1 rings (SSSR count). The number of rotatable bonds is 0. The molecule has 0 atom stereocenters. The molecule has 5 heteroatoms. The lowest BCUT2D eigenvalue weighted by Gasteiger charge is -2.09. The van der Waals surface area contributed by atoms with Gasteiger partial charge in [0.15, 0.2) is 5.75 Å². The fourth-order valence-electron chi connectivity index (χ4n) is 0.595. The molecule has 1 heterocycles. The molecule has 0 saturated heterocycles. The normalized spacial score (nSPS) is 11.5. The summed E-state index contributed by atoms with van der Waals surface area (Å²) in [6.45, 7) is 0. The number of aromatic nitrogens is 1. The Labute approximate surface area is 78.7 Å². The van der Waals surface area contributed by atoms with Gasteiger partial charge >= 0.3 is 0 Å². The Morgan fingerprint density at radius 2 is 2.00 bits per heavy atom. The summed E-state index contributed by atoms with van der Waals surface area (Å²) in [5, 5.41) is 11.0. The molecule has 0 aliphatic rings. The molecule has 1 aromatic rings. The van der Waals surface area contributed by atoms with Crippen molar-refractivity contribution in [3.63, 3.8) is 0 Å². The summed E-state index contributed by atoms with van der Waals surface area (Å²) in [5.41, 5.74) is 0.0741. The van der Waals surface area contributed by atoms with Crippen LogP contribution in [0.25, 0.3) is 0 Å². The minimum absolute atomic E-state index is 0.0741. The zero-order valence-corrected chi connectivity index (χ0v) is 7.49. The van der Waals surface area contributed by atoms with E-state index in [1.807, 2.05) is 0 Å². The van der Waals surface area contributed by atoms with Crippen molar-refractivity contribution in [1.29, 1.82) is 0 Å². The molecular formula is C6H3Cl3NO. The molecule has 0 aromatic carbocycles. The molecule has 11 heavy (non-hydrogen) atoms. The Kier molecular flexibility index (Phi) is 2.47. The first-order chi connectivity index (χ1) is 5.02. The van der Waals surface area contributed by atoms with Crippen LogP contribution in [-0.2, 0) is 8.90 Å². The summed E-state index contributed by atoms with van der Waals surface area (Å²) in [6, 6.07) is 1.25. The molecule has 1 radical (unpaired) electrons. The Bertz CT molecular complexity index is 258. The number of hydrogen-bond acceptors (Lipinski definition) is 1. The van der Waals surface area contributed by atoms with E-state index in [0.29, 0.717) is 0 Å². The number of alkyl halides is 3. The summed E-state index contributed by atoms with van der Waals surface area (Å²) >= 11 is 16.4. The topological polar surface area (TPSA) is 32.8 Å². The van der Waals surface area contributed by atoms with Crippen LogP contribution < -0.4 is 0 Å². The third-order valence-electron chi connectivity index (χ3n) is 1.09. The van der Waals surface area contributed by atoms with Crippen LogP contribution >= 0.6 is 34.8 Å². The molecular weight excluding hydrogens is 208 g/mol. The van der Waals surface area contributed by atoms with E-state index in [9.17, 15) is 5.11 Å². The monoisotopic (exact) mass is 210 g/mol. The summed E-state index contributed by atoms with van der Waals surface area (Å²) in [4.78, 5) is 3.66. The molecule has 0 spiro atoms. The predicted octanol–water partition coefficient (Wildman–Crippen LogP) is 3.05. The third-order valence-corrected chi connectivity index (χ3v) is 1.70. The smallest absolute Gasteiger partial charge is 0.221 e. The lowest BCUT2D eigenvalue weighted by atomic mass is 10.3.